The first-order valence-corrected chi connectivity index (χ1v) is 9.65. The number of nitrogens with one attached hydrogen (secondary N) is 1. The third-order valence-corrected chi connectivity index (χ3v) is 6.07. The number of hydrogen-bond donors (Lipinski definition) is 1. The third kappa shape index (κ3) is 3.17. The van der Waals surface area contributed by atoms with Gasteiger partial charge in [0, 0.05) is 6.04 Å². The van der Waals surface area contributed by atoms with Crippen LogP contribution in [0.3, 0.4) is 0 Å². The molecule has 2 heterocycles. The molecule has 1 unspecified atom stereocenters. The highest BCUT2D eigenvalue weighted by atomic mass is 32.2. The molecule has 0 amide bonds. The number of nitrogens with zero attached hydrogens (tertiary/aromatic N) is 2. The predicted octanol–water partition coefficient (Wildman–Crippen LogP) is 2.14. The fourth-order valence-electron chi connectivity index (χ4n) is 3.22. The molecule has 120 valence electrons. The molecular weight excluding hydrogens is 298 g/mol. The summed E-state index contributed by atoms with van der Waals surface area (Å²) in [6.45, 7) is 5.71. The monoisotopic (exact) mass is 321 g/mol. The topological polar surface area (TPSA) is 64.0 Å². The van der Waals surface area contributed by atoms with E-state index in [1.165, 1.54) is 0 Å². The van der Waals surface area contributed by atoms with Crippen LogP contribution in [0.1, 0.15) is 32.1 Å². The van der Waals surface area contributed by atoms with Crippen molar-refractivity contribution in [2.45, 2.75) is 32.9 Å². The zero-order valence-corrected chi connectivity index (χ0v) is 13.9. The van der Waals surface area contributed by atoms with E-state index in [2.05, 4.69) is 29.8 Å². The van der Waals surface area contributed by atoms with Crippen molar-refractivity contribution in [1.29, 1.82) is 0 Å². The number of sulfone groups is 1. The minimum atomic E-state index is -2.79. The average Bonchev–Trinajstić information content (AvgIpc) is 2.98. The first-order chi connectivity index (χ1) is 10.5. The van der Waals surface area contributed by atoms with Gasteiger partial charge in [-0.05, 0) is 44.9 Å². The molecule has 0 aliphatic carbocycles. The second kappa shape index (κ2) is 6.01. The van der Waals surface area contributed by atoms with Crippen molar-refractivity contribution in [3.8, 4) is 0 Å². The van der Waals surface area contributed by atoms with Crippen LogP contribution in [0, 0.1) is 5.92 Å². The number of fused-ring (bicyclic) bond motifs is 1. The molecule has 22 heavy (non-hydrogen) atoms. The van der Waals surface area contributed by atoms with E-state index in [1.807, 2.05) is 18.2 Å². The van der Waals surface area contributed by atoms with Crippen molar-refractivity contribution < 1.29 is 8.42 Å². The van der Waals surface area contributed by atoms with Gasteiger partial charge in [-0.2, -0.15) is 0 Å². The van der Waals surface area contributed by atoms with E-state index in [9.17, 15) is 8.42 Å². The van der Waals surface area contributed by atoms with Crippen LogP contribution in [-0.2, 0) is 16.4 Å². The van der Waals surface area contributed by atoms with Crippen LogP contribution >= 0.6 is 0 Å². The first kappa shape index (κ1) is 15.5. The molecule has 1 aromatic heterocycles. The van der Waals surface area contributed by atoms with Gasteiger partial charge in [0.25, 0.3) is 0 Å². The fourth-order valence-corrected chi connectivity index (χ4v) is 5.08. The molecule has 6 heteroatoms. The van der Waals surface area contributed by atoms with Gasteiger partial charge in [-0.25, -0.2) is 13.4 Å². The van der Waals surface area contributed by atoms with Crippen LogP contribution in [0.25, 0.3) is 11.0 Å². The summed E-state index contributed by atoms with van der Waals surface area (Å²) in [5, 5.41) is 3.39. The maximum absolute atomic E-state index is 11.5. The third-order valence-electron chi connectivity index (χ3n) is 4.23. The summed E-state index contributed by atoms with van der Waals surface area (Å²) in [4.78, 5) is 4.71. The molecular formula is C16H23N3O2S. The van der Waals surface area contributed by atoms with Crippen molar-refractivity contribution >= 4 is 20.9 Å². The smallest absolute Gasteiger partial charge is 0.150 e. The van der Waals surface area contributed by atoms with Crippen molar-refractivity contribution in [2.24, 2.45) is 5.92 Å². The average molecular weight is 321 g/mol. The molecule has 2 aromatic rings. The summed E-state index contributed by atoms with van der Waals surface area (Å²) in [6, 6.07) is 8.50. The number of rotatable bonds is 5. The standard InChI is InChI=1S/C16H23N3O2S/c1-12(2)19-15-6-4-3-5-14(15)18-16(19)10-17-9-13-7-8-22(20,21)11-13/h3-6,12-13,17H,7-11H2,1-2H3. The highest BCUT2D eigenvalue weighted by Crippen LogP contribution is 2.21. The number of aromatic nitrogens is 2. The van der Waals surface area contributed by atoms with E-state index in [-0.39, 0.29) is 5.92 Å². The zero-order chi connectivity index (χ0) is 15.7. The Hall–Kier alpha value is -1.40. The molecule has 0 saturated carbocycles. The van der Waals surface area contributed by atoms with Gasteiger partial charge in [0.2, 0.25) is 0 Å². The molecule has 1 atom stereocenters. The maximum atomic E-state index is 11.5. The number of benzene rings is 1. The lowest BCUT2D eigenvalue weighted by molar-refractivity contribution is 0.496. The largest absolute Gasteiger partial charge is 0.324 e. The summed E-state index contributed by atoms with van der Waals surface area (Å²) in [7, 11) is -2.79. The van der Waals surface area contributed by atoms with Crippen molar-refractivity contribution in [1.82, 2.24) is 14.9 Å². The molecule has 1 aliphatic heterocycles. The summed E-state index contributed by atoms with van der Waals surface area (Å²) < 4.78 is 25.2. The summed E-state index contributed by atoms with van der Waals surface area (Å²) in [6.07, 6.45) is 0.774. The Morgan fingerprint density at radius 2 is 2.14 bits per heavy atom. The Morgan fingerprint density at radius 3 is 2.82 bits per heavy atom. The van der Waals surface area contributed by atoms with Crippen LogP contribution < -0.4 is 5.32 Å². The lowest BCUT2D eigenvalue weighted by Gasteiger charge is -2.14. The van der Waals surface area contributed by atoms with Crippen molar-refractivity contribution in [2.75, 3.05) is 18.1 Å². The normalized spacial score (nSPS) is 21.0. The molecule has 1 fully saturated rings. The second-order valence-electron chi connectivity index (χ2n) is 6.38. The lowest BCUT2D eigenvalue weighted by Crippen LogP contribution is -2.25. The van der Waals surface area contributed by atoms with E-state index in [4.69, 9.17) is 4.98 Å². The Kier molecular flexibility index (Phi) is 4.23. The molecule has 3 rings (SSSR count). The minimum absolute atomic E-state index is 0.238. The van der Waals surface area contributed by atoms with Gasteiger partial charge < -0.3 is 9.88 Å². The summed E-state index contributed by atoms with van der Waals surface area (Å²) in [5.74, 6) is 1.91. The molecule has 1 aromatic carbocycles. The van der Waals surface area contributed by atoms with E-state index < -0.39 is 9.84 Å². The summed E-state index contributed by atoms with van der Waals surface area (Å²) in [5.41, 5.74) is 2.16. The SMILES string of the molecule is CC(C)n1c(CNCC2CCS(=O)(=O)C2)nc2ccccc21. The van der Waals surface area contributed by atoms with Gasteiger partial charge in [-0.1, -0.05) is 12.1 Å². The maximum Gasteiger partial charge on any atom is 0.150 e. The van der Waals surface area contributed by atoms with Gasteiger partial charge in [0.1, 0.15) is 5.82 Å². The molecule has 0 bridgehead atoms. The number of para-hydroxylation sites is 2. The summed E-state index contributed by atoms with van der Waals surface area (Å²) >= 11 is 0. The molecule has 1 aliphatic rings. The molecule has 5 nitrogen and oxygen atoms in total. The van der Waals surface area contributed by atoms with Crippen molar-refractivity contribution in [3.05, 3.63) is 30.1 Å². The van der Waals surface area contributed by atoms with Gasteiger partial charge in [-0.15, -0.1) is 0 Å². The van der Waals surface area contributed by atoms with Gasteiger partial charge in [0.05, 0.1) is 29.1 Å². The molecule has 0 radical (unpaired) electrons. The van der Waals surface area contributed by atoms with E-state index in [0.29, 0.717) is 24.1 Å². The number of imidazole rings is 1. The first-order valence-electron chi connectivity index (χ1n) is 7.83. The van der Waals surface area contributed by atoms with Crippen LogP contribution in [0.2, 0.25) is 0 Å². The zero-order valence-electron chi connectivity index (χ0n) is 13.1. The van der Waals surface area contributed by atoms with Gasteiger partial charge in [0.15, 0.2) is 9.84 Å². The van der Waals surface area contributed by atoms with E-state index in [0.717, 1.165) is 29.8 Å². The van der Waals surface area contributed by atoms with Gasteiger partial charge in [-0.3, -0.25) is 0 Å². The molecule has 0 spiro atoms. The van der Waals surface area contributed by atoms with E-state index >= 15 is 0 Å². The van der Waals surface area contributed by atoms with Crippen LogP contribution in [0.4, 0.5) is 0 Å². The Balaban J connectivity index is 1.70. The van der Waals surface area contributed by atoms with Crippen LogP contribution in [0.15, 0.2) is 24.3 Å². The molecule has 1 N–H and O–H groups in total. The van der Waals surface area contributed by atoms with Crippen molar-refractivity contribution in [3.63, 3.8) is 0 Å². The van der Waals surface area contributed by atoms with Crippen LogP contribution in [0.5, 0.6) is 0 Å². The van der Waals surface area contributed by atoms with Crippen LogP contribution in [-0.4, -0.2) is 36.0 Å². The fraction of sp³-hybridized carbons (Fsp3) is 0.562. The quantitative estimate of drug-likeness (QED) is 0.916. The highest BCUT2D eigenvalue weighted by molar-refractivity contribution is 7.91. The van der Waals surface area contributed by atoms with Gasteiger partial charge >= 0.3 is 0 Å². The lowest BCUT2D eigenvalue weighted by atomic mass is 10.1. The number of hydrogen-bond acceptors (Lipinski definition) is 4. The van der Waals surface area contributed by atoms with E-state index in [1.54, 1.807) is 0 Å². The molecule has 1 saturated heterocycles. The second-order valence-corrected chi connectivity index (χ2v) is 8.61. The highest BCUT2D eigenvalue weighted by Gasteiger charge is 2.27. The Labute approximate surface area is 131 Å². The predicted molar refractivity (Wildman–Crippen MR) is 88.6 cm³/mol. The minimum Gasteiger partial charge on any atom is -0.324 e. The Bertz CT molecular complexity index is 765. The Morgan fingerprint density at radius 1 is 1.36 bits per heavy atom.